The molecule has 4 rings (SSSR count). The molecule has 0 atom stereocenters. The van der Waals surface area contributed by atoms with Crippen molar-refractivity contribution in [2.45, 2.75) is 11.7 Å². The lowest BCUT2D eigenvalue weighted by Crippen LogP contribution is -2.24. The topological polar surface area (TPSA) is 46.9 Å². The van der Waals surface area contributed by atoms with E-state index in [4.69, 9.17) is 4.98 Å². The summed E-state index contributed by atoms with van der Waals surface area (Å²) in [5, 5.41) is 4.71. The SMILES string of the molecule is CSc1nc2ccc(NC/C=C/c3ccccc3)cc2c(=O)n1Cc1ccccc1. The van der Waals surface area contributed by atoms with Gasteiger partial charge in [0, 0.05) is 12.2 Å². The number of nitrogens with zero attached hydrogens (tertiary/aromatic N) is 2. The summed E-state index contributed by atoms with van der Waals surface area (Å²) in [7, 11) is 0. The fourth-order valence-electron chi connectivity index (χ4n) is 3.31. The van der Waals surface area contributed by atoms with Crippen LogP contribution in [0.15, 0.2) is 94.9 Å². The minimum absolute atomic E-state index is 0.0170. The minimum Gasteiger partial charge on any atom is -0.382 e. The number of benzene rings is 3. The summed E-state index contributed by atoms with van der Waals surface area (Å²) in [5.41, 5.74) is 3.85. The van der Waals surface area contributed by atoms with E-state index in [2.05, 4.69) is 29.6 Å². The molecule has 0 bridgehead atoms. The first kappa shape index (κ1) is 20.0. The first-order valence-electron chi connectivity index (χ1n) is 9.82. The molecule has 4 nitrogen and oxygen atoms in total. The average molecular weight is 414 g/mol. The standard InChI is InChI=1S/C25H23N3OS/c1-30-25-27-23-15-14-21(26-16-8-13-19-9-4-2-5-10-19)17-22(23)24(29)28(25)18-20-11-6-3-7-12-20/h2-15,17,26H,16,18H2,1H3/b13-8+. The van der Waals surface area contributed by atoms with Crippen LogP contribution in [0.5, 0.6) is 0 Å². The van der Waals surface area contributed by atoms with Gasteiger partial charge in [-0.15, -0.1) is 0 Å². The van der Waals surface area contributed by atoms with Gasteiger partial charge in [-0.05, 0) is 35.6 Å². The summed E-state index contributed by atoms with van der Waals surface area (Å²) in [6, 6.07) is 26.0. The molecule has 30 heavy (non-hydrogen) atoms. The van der Waals surface area contributed by atoms with Crippen molar-refractivity contribution in [2.24, 2.45) is 0 Å². The number of hydrogen-bond donors (Lipinski definition) is 1. The Morgan fingerprint density at radius 3 is 2.47 bits per heavy atom. The molecule has 0 saturated carbocycles. The van der Waals surface area contributed by atoms with Gasteiger partial charge in [0.25, 0.3) is 5.56 Å². The lowest BCUT2D eigenvalue weighted by molar-refractivity contribution is 0.659. The van der Waals surface area contributed by atoms with E-state index in [1.54, 1.807) is 4.57 Å². The van der Waals surface area contributed by atoms with Crippen molar-refractivity contribution in [1.82, 2.24) is 9.55 Å². The maximum atomic E-state index is 13.2. The van der Waals surface area contributed by atoms with Crippen LogP contribution in [0.25, 0.3) is 17.0 Å². The maximum absolute atomic E-state index is 13.2. The third-order valence-corrected chi connectivity index (χ3v) is 5.50. The van der Waals surface area contributed by atoms with E-state index in [9.17, 15) is 4.79 Å². The van der Waals surface area contributed by atoms with Crippen LogP contribution >= 0.6 is 11.8 Å². The zero-order chi connectivity index (χ0) is 20.8. The smallest absolute Gasteiger partial charge is 0.262 e. The van der Waals surface area contributed by atoms with Crippen molar-refractivity contribution in [3.63, 3.8) is 0 Å². The van der Waals surface area contributed by atoms with Crippen LogP contribution in [-0.2, 0) is 6.54 Å². The van der Waals surface area contributed by atoms with Crippen LogP contribution in [0.2, 0.25) is 0 Å². The molecule has 0 amide bonds. The monoisotopic (exact) mass is 413 g/mol. The van der Waals surface area contributed by atoms with Crippen LogP contribution in [-0.4, -0.2) is 22.4 Å². The second kappa shape index (κ2) is 9.46. The summed E-state index contributed by atoms with van der Waals surface area (Å²) in [4.78, 5) is 18.0. The van der Waals surface area contributed by atoms with E-state index in [-0.39, 0.29) is 5.56 Å². The van der Waals surface area contributed by atoms with Crippen molar-refractivity contribution < 1.29 is 0 Å². The lowest BCUT2D eigenvalue weighted by Gasteiger charge is -2.13. The molecule has 0 saturated heterocycles. The molecule has 0 aliphatic carbocycles. The van der Waals surface area contributed by atoms with Crippen molar-refractivity contribution in [3.8, 4) is 0 Å². The molecule has 3 aromatic carbocycles. The van der Waals surface area contributed by atoms with Crippen LogP contribution < -0.4 is 10.9 Å². The van der Waals surface area contributed by atoms with Gasteiger partial charge in [-0.3, -0.25) is 9.36 Å². The summed E-state index contributed by atoms with van der Waals surface area (Å²) < 4.78 is 1.75. The molecule has 5 heteroatoms. The quantitative estimate of drug-likeness (QED) is 0.330. The molecule has 4 aromatic rings. The summed E-state index contributed by atoms with van der Waals surface area (Å²) in [6.07, 6.45) is 6.10. The van der Waals surface area contributed by atoms with Crippen LogP contribution in [0.1, 0.15) is 11.1 Å². The highest BCUT2D eigenvalue weighted by Gasteiger charge is 2.11. The Morgan fingerprint density at radius 1 is 1.00 bits per heavy atom. The van der Waals surface area contributed by atoms with Gasteiger partial charge >= 0.3 is 0 Å². The predicted molar refractivity (Wildman–Crippen MR) is 127 cm³/mol. The van der Waals surface area contributed by atoms with Crippen LogP contribution in [0, 0.1) is 0 Å². The van der Waals surface area contributed by atoms with Gasteiger partial charge in [-0.2, -0.15) is 0 Å². The third kappa shape index (κ3) is 4.63. The number of anilines is 1. The highest BCUT2D eigenvalue weighted by molar-refractivity contribution is 7.98. The molecule has 0 spiro atoms. The van der Waals surface area contributed by atoms with Crippen molar-refractivity contribution in [1.29, 1.82) is 0 Å². The first-order valence-corrected chi connectivity index (χ1v) is 11.0. The molecular formula is C25H23N3OS. The molecule has 1 N–H and O–H groups in total. The lowest BCUT2D eigenvalue weighted by atomic mass is 10.2. The molecule has 0 aliphatic heterocycles. The highest BCUT2D eigenvalue weighted by atomic mass is 32.2. The number of hydrogen-bond acceptors (Lipinski definition) is 4. The Bertz CT molecular complexity index is 1220. The van der Waals surface area contributed by atoms with E-state index in [1.165, 1.54) is 11.8 Å². The molecule has 1 heterocycles. The van der Waals surface area contributed by atoms with Crippen LogP contribution in [0.4, 0.5) is 5.69 Å². The van der Waals surface area contributed by atoms with E-state index in [1.807, 2.05) is 73.0 Å². The van der Waals surface area contributed by atoms with E-state index >= 15 is 0 Å². The average Bonchev–Trinajstić information content (AvgIpc) is 2.80. The van der Waals surface area contributed by atoms with Gasteiger partial charge in [0.05, 0.1) is 17.4 Å². The second-order valence-corrected chi connectivity index (χ2v) is 7.67. The molecule has 0 fully saturated rings. The van der Waals surface area contributed by atoms with Gasteiger partial charge in [0.15, 0.2) is 5.16 Å². The minimum atomic E-state index is -0.0170. The maximum Gasteiger partial charge on any atom is 0.262 e. The molecule has 0 aliphatic rings. The van der Waals surface area contributed by atoms with Gasteiger partial charge in [-0.1, -0.05) is 84.6 Å². The van der Waals surface area contributed by atoms with E-state index < -0.39 is 0 Å². The number of nitrogens with one attached hydrogen (secondary N) is 1. The molecule has 150 valence electrons. The number of fused-ring (bicyclic) bond motifs is 1. The second-order valence-electron chi connectivity index (χ2n) is 6.90. The molecule has 1 aromatic heterocycles. The molecule has 0 unspecified atom stereocenters. The van der Waals surface area contributed by atoms with Crippen LogP contribution in [0.3, 0.4) is 0 Å². The summed E-state index contributed by atoms with van der Waals surface area (Å²) in [6.45, 7) is 1.19. The summed E-state index contributed by atoms with van der Waals surface area (Å²) >= 11 is 1.49. The fraction of sp³-hybridized carbons (Fsp3) is 0.120. The molecule has 0 radical (unpaired) electrons. The zero-order valence-corrected chi connectivity index (χ0v) is 17.6. The normalized spacial score (nSPS) is 11.2. The van der Waals surface area contributed by atoms with Crippen molar-refractivity contribution in [2.75, 3.05) is 18.1 Å². The van der Waals surface area contributed by atoms with Crippen molar-refractivity contribution in [3.05, 3.63) is 106 Å². The Labute approximate surface area is 180 Å². The third-order valence-electron chi connectivity index (χ3n) is 4.82. The Hall–Kier alpha value is -3.31. The molecular weight excluding hydrogens is 390 g/mol. The van der Waals surface area contributed by atoms with Gasteiger partial charge in [0.2, 0.25) is 0 Å². The summed E-state index contributed by atoms with van der Waals surface area (Å²) in [5.74, 6) is 0. The number of aromatic nitrogens is 2. The number of thioether (sulfide) groups is 1. The Kier molecular flexibility index (Phi) is 6.30. The van der Waals surface area contributed by atoms with Gasteiger partial charge < -0.3 is 5.32 Å². The van der Waals surface area contributed by atoms with Gasteiger partial charge in [-0.25, -0.2) is 4.98 Å². The van der Waals surface area contributed by atoms with Crippen molar-refractivity contribution >= 4 is 34.4 Å². The Morgan fingerprint density at radius 2 is 1.73 bits per heavy atom. The number of rotatable bonds is 7. The highest BCUT2D eigenvalue weighted by Crippen LogP contribution is 2.19. The predicted octanol–water partition coefficient (Wildman–Crippen LogP) is 5.29. The van der Waals surface area contributed by atoms with E-state index in [0.29, 0.717) is 18.5 Å². The first-order chi connectivity index (χ1) is 14.7. The Balaban J connectivity index is 1.59. The van der Waals surface area contributed by atoms with Gasteiger partial charge in [0.1, 0.15) is 0 Å². The largest absolute Gasteiger partial charge is 0.382 e. The fourth-order valence-corrected chi connectivity index (χ4v) is 3.87. The van der Waals surface area contributed by atoms with E-state index in [0.717, 1.165) is 27.5 Å². The zero-order valence-electron chi connectivity index (χ0n) is 16.8.